The van der Waals surface area contributed by atoms with Crippen molar-refractivity contribution in [2.45, 2.75) is 26.2 Å². The number of fused-ring (bicyclic) bond motifs is 1. The van der Waals surface area contributed by atoms with Crippen molar-refractivity contribution in [1.29, 1.82) is 0 Å². The fourth-order valence-corrected chi connectivity index (χ4v) is 3.38. The summed E-state index contributed by atoms with van der Waals surface area (Å²) < 4.78 is 5.43. The first kappa shape index (κ1) is 14.2. The van der Waals surface area contributed by atoms with E-state index in [1.165, 1.54) is 0 Å². The van der Waals surface area contributed by atoms with Gasteiger partial charge in [0.15, 0.2) is 0 Å². The smallest absolute Gasteiger partial charge is 0.227 e. The van der Waals surface area contributed by atoms with Crippen LogP contribution < -0.4 is 4.74 Å². The van der Waals surface area contributed by atoms with Gasteiger partial charge in [-0.05, 0) is 49.3 Å². The number of carbonyl (C=O) groups is 1. The quantitative estimate of drug-likeness (QED) is 0.796. The lowest BCUT2D eigenvalue weighted by molar-refractivity contribution is -0.129. The first-order chi connectivity index (χ1) is 10.3. The number of likely N-dealkylation sites (tertiary alicyclic amines) is 1. The molecule has 1 saturated heterocycles. The van der Waals surface area contributed by atoms with Gasteiger partial charge in [0.1, 0.15) is 5.75 Å². The number of ether oxygens (including phenoxy) is 1. The van der Waals surface area contributed by atoms with Crippen molar-refractivity contribution in [3.63, 3.8) is 0 Å². The Morgan fingerprint density at radius 2 is 1.76 bits per heavy atom. The number of amides is 1. The minimum atomic E-state index is 0.258. The monoisotopic (exact) mass is 285 g/mol. The summed E-state index contributed by atoms with van der Waals surface area (Å²) in [6, 6.07) is 7.88. The molecule has 1 fully saturated rings. The van der Waals surface area contributed by atoms with Crippen LogP contribution in [0, 0.1) is 11.8 Å². The molecule has 3 rings (SSSR count). The van der Waals surface area contributed by atoms with Crippen molar-refractivity contribution in [1.82, 2.24) is 4.90 Å². The SMILES string of the molecule is CCOc1ccc(CC(=O)N2CC3CC=CCC3C2)cc1. The van der Waals surface area contributed by atoms with Crippen molar-refractivity contribution in [3.8, 4) is 5.75 Å². The van der Waals surface area contributed by atoms with Gasteiger partial charge in [0.25, 0.3) is 0 Å². The van der Waals surface area contributed by atoms with Crippen molar-refractivity contribution in [2.24, 2.45) is 11.8 Å². The molecule has 1 aromatic rings. The second-order valence-electron chi connectivity index (χ2n) is 6.02. The molecule has 3 nitrogen and oxygen atoms in total. The number of hydrogen-bond acceptors (Lipinski definition) is 2. The van der Waals surface area contributed by atoms with E-state index in [2.05, 4.69) is 17.1 Å². The molecule has 1 heterocycles. The van der Waals surface area contributed by atoms with E-state index in [4.69, 9.17) is 4.74 Å². The molecule has 1 aromatic carbocycles. The predicted octanol–water partition coefficient (Wildman–Crippen LogP) is 3.05. The number of allylic oxidation sites excluding steroid dienone is 2. The Morgan fingerprint density at radius 3 is 2.33 bits per heavy atom. The van der Waals surface area contributed by atoms with E-state index in [-0.39, 0.29) is 5.91 Å². The van der Waals surface area contributed by atoms with Crippen molar-refractivity contribution in [2.75, 3.05) is 19.7 Å². The second-order valence-corrected chi connectivity index (χ2v) is 6.02. The lowest BCUT2D eigenvalue weighted by Gasteiger charge is -2.17. The highest BCUT2D eigenvalue weighted by molar-refractivity contribution is 5.79. The van der Waals surface area contributed by atoms with E-state index >= 15 is 0 Å². The maximum Gasteiger partial charge on any atom is 0.227 e. The van der Waals surface area contributed by atoms with Gasteiger partial charge in [0.2, 0.25) is 5.91 Å². The van der Waals surface area contributed by atoms with Crippen LogP contribution in [0.2, 0.25) is 0 Å². The highest BCUT2D eigenvalue weighted by atomic mass is 16.5. The Bertz CT molecular complexity index is 505. The summed E-state index contributed by atoms with van der Waals surface area (Å²) in [5, 5.41) is 0. The molecule has 3 heteroatoms. The van der Waals surface area contributed by atoms with Crippen LogP contribution >= 0.6 is 0 Å². The molecular formula is C18H23NO2. The molecule has 1 aliphatic carbocycles. The molecule has 0 saturated carbocycles. The molecule has 1 amide bonds. The van der Waals surface area contributed by atoms with E-state index in [0.29, 0.717) is 24.9 Å². The summed E-state index contributed by atoms with van der Waals surface area (Å²) in [5.74, 6) is 2.49. The van der Waals surface area contributed by atoms with E-state index in [0.717, 1.165) is 37.2 Å². The van der Waals surface area contributed by atoms with E-state index < -0.39 is 0 Å². The summed E-state index contributed by atoms with van der Waals surface area (Å²) in [6.07, 6.45) is 7.30. The van der Waals surface area contributed by atoms with Gasteiger partial charge >= 0.3 is 0 Å². The third kappa shape index (κ3) is 3.29. The van der Waals surface area contributed by atoms with Crippen molar-refractivity contribution < 1.29 is 9.53 Å². The Kier molecular flexibility index (Phi) is 4.28. The molecule has 2 unspecified atom stereocenters. The number of nitrogens with zero attached hydrogens (tertiary/aromatic N) is 1. The molecule has 0 spiro atoms. The maximum atomic E-state index is 12.4. The molecule has 1 aliphatic heterocycles. The molecule has 112 valence electrons. The van der Waals surface area contributed by atoms with Gasteiger partial charge in [-0.2, -0.15) is 0 Å². The van der Waals surface area contributed by atoms with Crippen LogP contribution in [-0.2, 0) is 11.2 Å². The van der Waals surface area contributed by atoms with Crippen molar-refractivity contribution in [3.05, 3.63) is 42.0 Å². The second kappa shape index (κ2) is 6.33. The first-order valence-corrected chi connectivity index (χ1v) is 7.90. The van der Waals surface area contributed by atoms with Gasteiger partial charge in [0, 0.05) is 13.1 Å². The molecule has 2 aliphatic rings. The molecule has 0 N–H and O–H groups in total. The lowest BCUT2D eigenvalue weighted by atomic mass is 9.86. The van der Waals surface area contributed by atoms with Crippen LogP contribution in [0.3, 0.4) is 0 Å². The van der Waals surface area contributed by atoms with Gasteiger partial charge in [-0.25, -0.2) is 0 Å². The molecule has 21 heavy (non-hydrogen) atoms. The van der Waals surface area contributed by atoms with Crippen LogP contribution in [0.15, 0.2) is 36.4 Å². The fourth-order valence-electron chi connectivity index (χ4n) is 3.38. The topological polar surface area (TPSA) is 29.5 Å². The van der Waals surface area contributed by atoms with Gasteiger partial charge in [-0.3, -0.25) is 4.79 Å². The zero-order chi connectivity index (χ0) is 14.7. The first-order valence-electron chi connectivity index (χ1n) is 7.90. The van der Waals surface area contributed by atoms with Gasteiger partial charge in [-0.1, -0.05) is 24.3 Å². The average molecular weight is 285 g/mol. The highest BCUT2D eigenvalue weighted by Crippen LogP contribution is 2.33. The summed E-state index contributed by atoms with van der Waals surface area (Å²) in [7, 11) is 0. The number of carbonyl (C=O) groups excluding carboxylic acids is 1. The summed E-state index contributed by atoms with van der Waals surface area (Å²) in [6.45, 7) is 4.51. The largest absolute Gasteiger partial charge is 0.494 e. The molecule has 2 atom stereocenters. The standard InChI is InChI=1S/C18H23NO2/c1-2-21-17-9-7-14(8-10-17)11-18(20)19-12-15-5-3-4-6-16(15)13-19/h3-4,7-10,15-16H,2,5-6,11-13H2,1H3. The number of hydrogen-bond donors (Lipinski definition) is 0. The zero-order valence-corrected chi connectivity index (χ0v) is 12.6. The Balaban J connectivity index is 1.56. The number of rotatable bonds is 4. The molecule has 0 bridgehead atoms. The van der Waals surface area contributed by atoms with E-state index in [1.54, 1.807) is 0 Å². The van der Waals surface area contributed by atoms with Crippen LogP contribution in [0.1, 0.15) is 25.3 Å². The minimum absolute atomic E-state index is 0.258. The summed E-state index contributed by atoms with van der Waals surface area (Å²) in [4.78, 5) is 14.5. The third-order valence-electron chi connectivity index (χ3n) is 4.56. The van der Waals surface area contributed by atoms with Gasteiger partial charge < -0.3 is 9.64 Å². The molecule has 0 aromatic heterocycles. The van der Waals surface area contributed by atoms with Crippen LogP contribution in [0.25, 0.3) is 0 Å². The summed E-state index contributed by atoms with van der Waals surface area (Å²) in [5.41, 5.74) is 1.07. The molecular weight excluding hydrogens is 262 g/mol. The minimum Gasteiger partial charge on any atom is -0.494 e. The summed E-state index contributed by atoms with van der Waals surface area (Å²) >= 11 is 0. The van der Waals surface area contributed by atoms with Crippen molar-refractivity contribution >= 4 is 5.91 Å². The lowest BCUT2D eigenvalue weighted by Crippen LogP contribution is -2.30. The number of benzene rings is 1. The third-order valence-corrected chi connectivity index (χ3v) is 4.56. The van der Waals surface area contributed by atoms with Crippen LogP contribution in [-0.4, -0.2) is 30.5 Å². The Morgan fingerprint density at radius 1 is 1.14 bits per heavy atom. The van der Waals surface area contributed by atoms with Crippen LogP contribution in [0.4, 0.5) is 0 Å². The Hall–Kier alpha value is -1.77. The zero-order valence-electron chi connectivity index (χ0n) is 12.6. The van der Waals surface area contributed by atoms with Gasteiger partial charge in [-0.15, -0.1) is 0 Å². The fraction of sp³-hybridized carbons (Fsp3) is 0.500. The Labute approximate surface area is 126 Å². The highest BCUT2D eigenvalue weighted by Gasteiger charge is 2.34. The predicted molar refractivity (Wildman–Crippen MR) is 83.2 cm³/mol. The van der Waals surface area contributed by atoms with Gasteiger partial charge in [0.05, 0.1) is 13.0 Å². The van der Waals surface area contributed by atoms with E-state index in [9.17, 15) is 4.79 Å². The van der Waals surface area contributed by atoms with E-state index in [1.807, 2.05) is 31.2 Å². The van der Waals surface area contributed by atoms with Crippen LogP contribution in [0.5, 0.6) is 5.75 Å². The maximum absolute atomic E-state index is 12.4. The normalized spacial score (nSPS) is 24.0. The molecule has 0 radical (unpaired) electrons. The average Bonchev–Trinajstić information content (AvgIpc) is 2.94.